The van der Waals surface area contributed by atoms with E-state index in [1.807, 2.05) is 18.2 Å². The number of anilines is 1. The van der Waals surface area contributed by atoms with E-state index in [0.29, 0.717) is 18.2 Å². The Kier molecular flexibility index (Phi) is 9.33. The summed E-state index contributed by atoms with van der Waals surface area (Å²) in [4.78, 5) is 34.7. The SMILES string of the molecule is CC(C)(C)[Si](COC1C[C@H](n2ccc(NC(=O)c3ccccc3)nc2=O)O[C@@H]1CON)(c1ccccc1)c1ccccc1. The van der Waals surface area contributed by atoms with Crippen LogP contribution in [0.15, 0.2) is 108 Å². The molecule has 0 bridgehead atoms. The topological polar surface area (TPSA) is 118 Å². The lowest BCUT2D eigenvalue weighted by Gasteiger charge is -2.44. The number of amides is 1. The molecule has 1 amide bonds. The minimum atomic E-state index is -2.50. The number of ether oxygens (including phenoxy) is 2. The van der Waals surface area contributed by atoms with Gasteiger partial charge in [0.1, 0.15) is 26.2 Å². The number of carbonyl (C=O) groups excluding carboxylic acids is 1. The third-order valence-corrected chi connectivity index (χ3v) is 14.0. The van der Waals surface area contributed by atoms with Crippen LogP contribution in [-0.2, 0) is 14.3 Å². The maximum absolute atomic E-state index is 13.1. The molecule has 0 spiro atoms. The first kappa shape index (κ1) is 30.5. The van der Waals surface area contributed by atoms with Gasteiger partial charge in [-0.3, -0.25) is 9.36 Å². The van der Waals surface area contributed by atoms with Gasteiger partial charge in [0.05, 0.1) is 12.7 Å². The second-order valence-electron chi connectivity index (χ2n) is 11.8. The maximum atomic E-state index is 13.1. The Morgan fingerprint density at radius 1 is 0.977 bits per heavy atom. The summed E-state index contributed by atoms with van der Waals surface area (Å²) in [5, 5.41) is 5.15. The average molecular weight is 599 g/mol. The minimum absolute atomic E-state index is 0.0880. The zero-order valence-electron chi connectivity index (χ0n) is 24.7. The molecule has 0 radical (unpaired) electrons. The number of aromatic nitrogens is 2. The molecule has 43 heavy (non-hydrogen) atoms. The smallest absolute Gasteiger partial charge is 0.351 e. The normalized spacial score (nSPS) is 18.8. The van der Waals surface area contributed by atoms with Gasteiger partial charge in [0, 0.05) is 24.4 Å². The van der Waals surface area contributed by atoms with E-state index in [9.17, 15) is 9.59 Å². The summed E-state index contributed by atoms with van der Waals surface area (Å²) in [6, 6.07) is 31.5. The van der Waals surface area contributed by atoms with Gasteiger partial charge in [-0.05, 0) is 23.2 Å². The van der Waals surface area contributed by atoms with E-state index in [1.54, 1.807) is 36.5 Å². The predicted octanol–water partition coefficient (Wildman–Crippen LogP) is 3.66. The molecule has 1 aliphatic rings. The van der Waals surface area contributed by atoms with E-state index in [2.05, 4.69) is 79.6 Å². The summed E-state index contributed by atoms with van der Waals surface area (Å²) in [7, 11) is -2.50. The molecule has 224 valence electrons. The van der Waals surface area contributed by atoms with Crippen molar-refractivity contribution in [1.29, 1.82) is 0 Å². The van der Waals surface area contributed by atoms with Gasteiger partial charge in [-0.25, -0.2) is 10.7 Å². The molecule has 3 atom stereocenters. The molecule has 1 aromatic heterocycles. The van der Waals surface area contributed by atoms with Crippen LogP contribution in [0.4, 0.5) is 5.82 Å². The summed E-state index contributed by atoms with van der Waals surface area (Å²) in [5.41, 5.74) is -0.0750. The molecule has 4 aromatic rings. The number of carbonyl (C=O) groups is 1. The molecular formula is C33H38N4O5Si. The lowest BCUT2D eigenvalue weighted by molar-refractivity contribution is -0.0734. The number of hydrogen-bond donors (Lipinski definition) is 2. The highest BCUT2D eigenvalue weighted by Gasteiger charge is 2.49. The molecule has 9 nitrogen and oxygen atoms in total. The van der Waals surface area contributed by atoms with Gasteiger partial charge in [0.2, 0.25) is 0 Å². The van der Waals surface area contributed by atoms with Crippen LogP contribution in [-0.4, -0.2) is 48.6 Å². The quantitative estimate of drug-likeness (QED) is 0.211. The fourth-order valence-electron chi connectivity index (χ4n) is 5.86. The van der Waals surface area contributed by atoms with Gasteiger partial charge in [0.15, 0.2) is 0 Å². The van der Waals surface area contributed by atoms with E-state index < -0.39 is 26.1 Å². The number of nitrogens with two attached hydrogens (primary N) is 1. The van der Waals surface area contributed by atoms with Crippen LogP contribution >= 0.6 is 0 Å². The summed E-state index contributed by atoms with van der Waals surface area (Å²) in [5.74, 6) is 5.30. The number of nitrogens with zero attached hydrogens (tertiary/aromatic N) is 2. The molecule has 1 fully saturated rings. The lowest BCUT2D eigenvalue weighted by Crippen LogP contribution is -2.68. The van der Waals surface area contributed by atoms with E-state index in [4.69, 9.17) is 20.2 Å². The third-order valence-electron chi connectivity index (χ3n) is 8.19. The standard InChI is InChI=1S/C33H38N4O5Si/c1-33(2,3)43(25-15-9-5-10-16-25,26-17-11-6-12-18-26)23-40-27-21-30(42-28(27)22-41-34)37-20-19-29(36-32(37)39)35-31(38)24-13-7-4-8-14-24/h4-20,27-28,30H,21-23,34H2,1-3H3,(H,35,36,38,39)/t27?,28-,30-/m1/s1. The molecule has 3 N–H and O–H groups in total. The second-order valence-corrected chi connectivity index (χ2v) is 16.5. The molecule has 10 heteroatoms. The van der Waals surface area contributed by atoms with Crippen molar-refractivity contribution in [3.05, 3.63) is 119 Å². The number of rotatable bonds is 10. The van der Waals surface area contributed by atoms with E-state index in [0.717, 1.165) is 0 Å². The fraction of sp³-hybridized carbons (Fsp3) is 0.303. The molecule has 0 aliphatic carbocycles. The molecule has 2 heterocycles. The van der Waals surface area contributed by atoms with Crippen molar-refractivity contribution in [1.82, 2.24) is 9.55 Å². The highest BCUT2D eigenvalue weighted by Crippen LogP contribution is 2.38. The first-order valence-corrected chi connectivity index (χ1v) is 16.6. The molecule has 3 aromatic carbocycles. The molecule has 1 saturated heterocycles. The Morgan fingerprint density at radius 2 is 1.56 bits per heavy atom. The molecular weight excluding hydrogens is 560 g/mol. The fourth-order valence-corrected chi connectivity index (χ4v) is 10.7. The van der Waals surface area contributed by atoms with E-state index in [1.165, 1.54) is 14.9 Å². The van der Waals surface area contributed by atoms with Crippen LogP contribution in [0.1, 0.15) is 43.8 Å². The van der Waals surface area contributed by atoms with Gasteiger partial charge in [0.25, 0.3) is 5.91 Å². The Morgan fingerprint density at radius 3 is 2.09 bits per heavy atom. The number of hydrogen-bond acceptors (Lipinski definition) is 7. The van der Waals surface area contributed by atoms with Gasteiger partial charge in [-0.15, -0.1) is 0 Å². The van der Waals surface area contributed by atoms with Gasteiger partial charge in [-0.1, -0.05) is 110 Å². The van der Waals surface area contributed by atoms with Crippen molar-refractivity contribution in [3.63, 3.8) is 0 Å². The molecule has 5 rings (SSSR count). The Labute approximate surface area is 252 Å². The average Bonchev–Trinajstić information content (AvgIpc) is 3.40. The van der Waals surface area contributed by atoms with Crippen LogP contribution < -0.4 is 27.3 Å². The van der Waals surface area contributed by atoms with Crippen molar-refractivity contribution < 1.29 is 19.1 Å². The van der Waals surface area contributed by atoms with Crippen LogP contribution in [0.3, 0.4) is 0 Å². The van der Waals surface area contributed by atoms with E-state index in [-0.39, 0.29) is 29.5 Å². The van der Waals surface area contributed by atoms with E-state index >= 15 is 0 Å². The Balaban J connectivity index is 1.38. The zero-order chi connectivity index (χ0) is 30.5. The van der Waals surface area contributed by atoms with Crippen molar-refractivity contribution in [2.75, 3.05) is 18.2 Å². The highest BCUT2D eigenvalue weighted by atomic mass is 28.3. The Hall–Kier alpha value is -3.93. The summed E-state index contributed by atoms with van der Waals surface area (Å²) >= 11 is 0. The molecule has 1 aliphatic heterocycles. The predicted molar refractivity (Wildman–Crippen MR) is 169 cm³/mol. The maximum Gasteiger partial charge on any atom is 0.351 e. The summed E-state index contributed by atoms with van der Waals surface area (Å²) in [6.45, 7) is 6.94. The number of benzene rings is 3. The van der Waals surface area contributed by atoms with Crippen molar-refractivity contribution >= 4 is 30.2 Å². The first-order chi connectivity index (χ1) is 20.7. The summed E-state index contributed by atoms with van der Waals surface area (Å²) < 4.78 is 14.5. The van der Waals surface area contributed by atoms with Gasteiger partial charge in [-0.2, -0.15) is 4.98 Å². The highest BCUT2D eigenvalue weighted by molar-refractivity contribution is 7.04. The van der Waals surface area contributed by atoms with Crippen LogP contribution in [0.25, 0.3) is 0 Å². The summed E-state index contributed by atoms with van der Waals surface area (Å²) in [6.07, 6.45) is 0.985. The van der Waals surface area contributed by atoms with Crippen LogP contribution in [0.2, 0.25) is 5.04 Å². The number of nitrogens with one attached hydrogen (secondary N) is 1. The zero-order valence-corrected chi connectivity index (χ0v) is 25.7. The van der Waals surface area contributed by atoms with Crippen molar-refractivity contribution in [2.24, 2.45) is 5.90 Å². The van der Waals surface area contributed by atoms with Crippen molar-refractivity contribution in [2.45, 2.75) is 50.7 Å². The molecule has 0 saturated carbocycles. The molecule has 1 unspecified atom stereocenters. The lowest BCUT2D eigenvalue weighted by atomic mass is 10.2. The largest absolute Gasteiger partial charge is 0.378 e. The Bertz CT molecular complexity index is 1520. The monoisotopic (exact) mass is 598 g/mol. The van der Waals surface area contributed by atoms with Crippen molar-refractivity contribution in [3.8, 4) is 0 Å². The van der Waals surface area contributed by atoms with Crippen LogP contribution in [0, 0.1) is 0 Å². The first-order valence-electron chi connectivity index (χ1n) is 14.4. The third kappa shape index (κ3) is 6.53. The van der Waals surface area contributed by atoms with Crippen LogP contribution in [0.5, 0.6) is 0 Å². The minimum Gasteiger partial charge on any atom is -0.378 e. The second kappa shape index (κ2) is 13.1. The van der Waals surface area contributed by atoms with Gasteiger partial charge >= 0.3 is 5.69 Å². The van der Waals surface area contributed by atoms with Gasteiger partial charge < -0.3 is 19.6 Å².